The summed E-state index contributed by atoms with van der Waals surface area (Å²) in [7, 11) is 0. The molecule has 31 heavy (non-hydrogen) atoms. The van der Waals surface area contributed by atoms with Crippen LogP contribution in [0.1, 0.15) is 36.8 Å². The summed E-state index contributed by atoms with van der Waals surface area (Å²) in [6, 6.07) is 16.6. The van der Waals surface area contributed by atoms with Crippen LogP contribution in [0, 0.1) is 19.1 Å². The summed E-state index contributed by atoms with van der Waals surface area (Å²) in [4.78, 5) is 35.3. The summed E-state index contributed by atoms with van der Waals surface area (Å²) in [6.07, 6.45) is 5.06. The van der Waals surface area contributed by atoms with Gasteiger partial charge in [0.25, 0.3) is 5.56 Å². The molecule has 7 heteroatoms. The minimum absolute atomic E-state index is 0.195. The number of nitrogens with zero attached hydrogens (tertiary/aromatic N) is 3. The molecule has 0 bridgehead atoms. The van der Waals surface area contributed by atoms with Crippen molar-refractivity contribution >= 4 is 16.7 Å². The van der Waals surface area contributed by atoms with E-state index in [4.69, 9.17) is 0 Å². The molecule has 0 spiro atoms. The van der Waals surface area contributed by atoms with Gasteiger partial charge in [0, 0.05) is 23.8 Å². The van der Waals surface area contributed by atoms with E-state index in [1.807, 2.05) is 35.8 Å². The SMILES string of the molecule is Cc1cc2nc3c(=O)[nH]c(=O)nc-3n(CCCCc3c#cccc3)c2cc1NC1CC1. The van der Waals surface area contributed by atoms with Gasteiger partial charge in [-0.2, -0.15) is 4.98 Å². The Bertz CT molecular complexity index is 1320. The van der Waals surface area contributed by atoms with Gasteiger partial charge in [-0.15, -0.1) is 0 Å². The average Bonchev–Trinajstić information content (AvgIpc) is 3.57. The minimum atomic E-state index is -0.648. The van der Waals surface area contributed by atoms with E-state index in [-0.39, 0.29) is 5.69 Å². The van der Waals surface area contributed by atoms with Crippen LogP contribution in [0.3, 0.4) is 0 Å². The van der Waals surface area contributed by atoms with Gasteiger partial charge in [-0.25, -0.2) is 9.78 Å². The standard InChI is InChI=1S/C24H23N5O2/c1-15-13-19-20(14-18(15)25-17-10-11-17)29(12-6-5-9-16-7-3-2-4-8-16)22-21(26-19)23(30)28-24(31)27-22/h2-3,7,13-14,17,25H,5-6,9-12H2,1H3,(H,28,30,31). The molecule has 2 aromatic carbocycles. The lowest BCUT2D eigenvalue weighted by atomic mass is 10.1. The van der Waals surface area contributed by atoms with E-state index in [0.29, 0.717) is 18.4 Å². The lowest BCUT2D eigenvalue weighted by Crippen LogP contribution is -2.29. The van der Waals surface area contributed by atoms with Crippen molar-refractivity contribution in [3.8, 4) is 11.5 Å². The Balaban J connectivity index is 1.54. The summed E-state index contributed by atoms with van der Waals surface area (Å²) >= 11 is 0. The summed E-state index contributed by atoms with van der Waals surface area (Å²) in [5.41, 5.74) is 3.91. The number of aromatic amines is 1. The second kappa shape index (κ2) is 7.88. The zero-order valence-electron chi connectivity index (χ0n) is 17.4. The predicted octanol–water partition coefficient (Wildman–Crippen LogP) is 3.09. The van der Waals surface area contributed by atoms with E-state index >= 15 is 0 Å². The molecule has 1 fully saturated rings. The second-order valence-corrected chi connectivity index (χ2v) is 8.16. The molecule has 0 amide bonds. The van der Waals surface area contributed by atoms with Crippen molar-refractivity contribution in [3.63, 3.8) is 0 Å². The van der Waals surface area contributed by atoms with E-state index in [0.717, 1.165) is 47.1 Å². The van der Waals surface area contributed by atoms with E-state index < -0.39 is 11.2 Å². The van der Waals surface area contributed by atoms with E-state index in [9.17, 15) is 9.59 Å². The number of hydrogen-bond acceptors (Lipinski definition) is 5. The fourth-order valence-corrected chi connectivity index (χ4v) is 3.89. The number of aryl methyl sites for hydroxylation is 3. The summed E-state index contributed by atoms with van der Waals surface area (Å²) < 4.78 is 1.96. The highest BCUT2D eigenvalue weighted by Crippen LogP contribution is 2.31. The number of hydrogen-bond donors (Lipinski definition) is 2. The molecule has 0 aromatic heterocycles. The average molecular weight is 413 g/mol. The van der Waals surface area contributed by atoms with Gasteiger partial charge in [-0.3, -0.25) is 9.78 Å². The first kappa shape index (κ1) is 19.3. The Morgan fingerprint density at radius 2 is 2.10 bits per heavy atom. The molecule has 1 saturated carbocycles. The lowest BCUT2D eigenvalue weighted by molar-refractivity contribution is 0.615. The van der Waals surface area contributed by atoms with Crippen molar-refractivity contribution < 1.29 is 0 Å². The summed E-state index contributed by atoms with van der Waals surface area (Å²) in [5, 5.41) is 3.56. The molecule has 2 heterocycles. The number of rotatable bonds is 7. The molecule has 0 unspecified atom stereocenters. The van der Waals surface area contributed by atoms with Crippen molar-refractivity contribution in [2.45, 2.75) is 51.6 Å². The van der Waals surface area contributed by atoms with Gasteiger partial charge in [0.05, 0.1) is 11.0 Å². The van der Waals surface area contributed by atoms with Gasteiger partial charge in [0.15, 0.2) is 11.5 Å². The predicted molar refractivity (Wildman–Crippen MR) is 119 cm³/mol. The molecule has 0 saturated heterocycles. The fourth-order valence-electron chi connectivity index (χ4n) is 3.89. The van der Waals surface area contributed by atoms with Crippen LogP contribution in [0.25, 0.3) is 22.6 Å². The number of anilines is 1. The summed E-state index contributed by atoms with van der Waals surface area (Å²) in [5.74, 6) is 0.335. The normalized spacial score (nSPS) is 13.5. The van der Waals surface area contributed by atoms with Gasteiger partial charge in [-0.1, -0.05) is 24.3 Å². The molecular formula is C24H23N5O2. The first-order valence-corrected chi connectivity index (χ1v) is 10.7. The smallest absolute Gasteiger partial charge is 0.349 e. The van der Waals surface area contributed by atoms with E-state index in [1.54, 1.807) is 0 Å². The van der Waals surface area contributed by atoms with Crippen LogP contribution in [0.15, 0.2) is 39.9 Å². The molecule has 2 aliphatic heterocycles. The highest BCUT2D eigenvalue weighted by molar-refractivity contribution is 5.84. The van der Waals surface area contributed by atoms with Crippen LogP contribution in [-0.2, 0) is 13.0 Å². The molecule has 0 atom stereocenters. The lowest BCUT2D eigenvalue weighted by Gasteiger charge is -2.19. The largest absolute Gasteiger partial charge is 0.382 e. The Labute approximate surface area is 179 Å². The van der Waals surface area contributed by atoms with Crippen LogP contribution in [0.4, 0.5) is 5.69 Å². The van der Waals surface area contributed by atoms with Gasteiger partial charge in [0.1, 0.15) is 0 Å². The van der Waals surface area contributed by atoms with Crippen LogP contribution < -0.4 is 16.6 Å². The highest BCUT2D eigenvalue weighted by atomic mass is 16.2. The molecular weight excluding hydrogens is 390 g/mol. The first-order valence-electron chi connectivity index (χ1n) is 10.7. The number of aromatic nitrogens is 4. The number of unbranched alkanes of at least 4 members (excludes halogenated alkanes) is 1. The zero-order valence-corrected chi connectivity index (χ0v) is 17.4. The molecule has 3 aliphatic rings. The van der Waals surface area contributed by atoms with Gasteiger partial charge >= 0.3 is 5.69 Å². The molecule has 7 nitrogen and oxygen atoms in total. The molecule has 2 aromatic rings. The maximum Gasteiger partial charge on any atom is 0.349 e. The van der Waals surface area contributed by atoms with Crippen molar-refractivity contribution in [3.05, 3.63) is 74.4 Å². The van der Waals surface area contributed by atoms with Crippen molar-refractivity contribution in [1.29, 1.82) is 0 Å². The minimum Gasteiger partial charge on any atom is -0.382 e. The fraction of sp³-hybridized carbons (Fsp3) is 0.333. The Hall–Kier alpha value is -3.66. The van der Waals surface area contributed by atoms with Gasteiger partial charge in [-0.05, 0) is 62.8 Å². The number of benzene rings is 1. The Morgan fingerprint density at radius 1 is 1.23 bits per heavy atom. The van der Waals surface area contributed by atoms with Crippen LogP contribution in [-0.4, -0.2) is 25.6 Å². The van der Waals surface area contributed by atoms with Crippen LogP contribution in [0.5, 0.6) is 0 Å². The summed E-state index contributed by atoms with van der Waals surface area (Å²) in [6.45, 7) is 2.67. The highest BCUT2D eigenvalue weighted by Gasteiger charge is 2.23. The molecule has 2 N–H and O–H groups in total. The van der Waals surface area contributed by atoms with Gasteiger partial charge < -0.3 is 9.88 Å². The van der Waals surface area contributed by atoms with E-state index in [2.05, 4.69) is 38.5 Å². The Kier molecular flexibility index (Phi) is 4.91. The van der Waals surface area contributed by atoms with Gasteiger partial charge in [0.2, 0.25) is 0 Å². The Morgan fingerprint density at radius 3 is 2.87 bits per heavy atom. The zero-order chi connectivity index (χ0) is 21.4. The topological polar surface area (TPSA) is 92.7 Å². The maximum atomic E-state index is 12.4. The monoisotopic (exact) mass is 413 g/mol. The van der Waals surface area contributed by atoms with Crippen molar-refractivity contribution in [1.82, 2.24) is 19.5 Å². The molecule has 1 aliphatic carbocycles. The third kappa shape index (κ3) is 4.02. The van der Waals surface area contributed by atoms with Crippen LogP contribution >= 0.6 is 0 Å². The van der Waals surface area contributed by atoms with Crippen molar-refractivity contribution in [2.24, 2.45) is 0 Å². The number of fused-ring (bicyclic) bond motifs is 2. The molecule has 156 valence electrons. The maximum absolute atomic E-state index is 12.4. The van der Waals surface area contributed by atoms with Crippen molar-refractivity contribution in [2.75, 3.05) is 5.32 Å². The molecule has 0 radical (unpaired) electrons. The molecule has 5 rings (SSSR count). The quantitative estimate of drug-likeness (QED) is 0.359. The third-order valence-corrected chi connectivity index (χ3v) is 5.68. The number of H-pyrrole nitrogens is 1. The third-order valence-electron chi connectivity index (χ3n) is 5.68. The van der Waals surface area contributed by atoms with E-state index in [1.165, 1.54) is 12.8 Å². The van der Waals surface area contributed by atoms with Crippen LogP contribution in [0.2, 0.25) is 0 Å². The number of nitrogens with one attached hydrogen (secondary N) is 2. The second-order valence-electron chi connectivity index (χ2n) is 8.16. The first-order chi connectivity index (χ1) is 15.1.